The second kappa shape index (κ2) is 11.3. The van der Waals surface area contributed by atoms with Crippen LogP contribution in [0.1, 0.15) is 20.3 Å². The number of hydrogen-bond acceptors (Lipinski definition) is 5. The van der Waals surface area contributed by atoms with E-state index in [1.165, 1.54) is 0 Å². The van der Waals surface area contributed by atoms with Crippen LogP contribution in [-0.4, -0.2) is 39.3 Å². The molecule has 2 aromatic carbocycles. The van der Waals surface area contributed by atoms with Crippen molar-refractivity contribution in [3.63, 3.8) is 0 Å². The molecular weight excluding hydrogens is 380 g/mol. The molecule has 8 heteroatoms. The van der Waals surface area contributed by atoms with Gasteiger partial charge in [-0.15, -0.1) is 0 Å². The first-order valence-electron chi connectivity index (χ1n) is 8.87. The zero-order chi connectivity index (χ0) is 21.0. The lowest BCUT2D eigenvalue weighted by atomic mass is 9.98. The SMILES string of the molecule is CCOc1ccc(OCC(CC)(NS(C)(=O)=O)C(N)=O)cc1.c1ccccc1. The summed E-state index contributed by atoms with van der Waals surface area (Å²) in [5.41, 5.74) is 3.87. The molecule has 1 amide bonds. The highest BCUT2D eigenvalue weighted by Crippen LogP contribution is 2.20. The van der Waals surface area contributed by atoms with Crippen molar-refractivity contribution in [3.8, 4) is 11.5 Å². The summed E-state index contributed by atoms with van der Waals surface area (Å²) in [7, 11) is -3.61. The van der Waals surface area contributed by atoms with Crippen molar-refractivity contribution in [1.82, 2.24) is 4.72 Å². The quantitative estimate of drug-likeness (QED) is 0.662. The number of sulfonamides is 1. The summed E-state index contributed by atoms with van der Waals surface area (Å²) in [6, 6.07) is 18.8. The van der Waals surface area contributed by atoms with Gasteiger partial charge in [0.1, 0.15) is 23.6 Å². The molecule has 7 nitrogen and oxygen atoms in total. The molecule has 0 aliphatic carbocycles. The highest BCUT2D eigenvalue weighted by molar-refractivity contribution is 7.88. The molecule has 1 atom stereocenters. The van der Waals surface area contributed by atoms with E-state index in [1.807, 2.05) is 43.3 Å². The maximum Gasteiger partial charge on any atom is 0.242 e. The number of amides is 1. The van der Waals surface area contributed by atoms with Gasteiger partial charge in [-0.25, -0.2) is 8.42 Å². The normalized spacial score (nSPS) is 12.8. The highest BCUT2D eigenvalue weighted by atomic mass is 32.2. The average molecular weight is 409 g/mol. The molecule has 0 bridgehead atoms. The van der Waals surface area contributed by atoms with E-state index in [-0.39, 0.29) is 13.0 Å². The maximum atomic E-state index is 11.7. The molecule has 154 valence electrons. The Morgan fingerprint density at radius 2 is 1.39 bits per heavy atom. The largest absolute Gasteiger partial charge is 0.494 e. The van der Waals surface area contributed by atoms with Crippen LogP contribution < -0.4 is 19.9 Å². The summed E-state index contributed by atoms with van der Waals surface area (Å²) >= 11 is 0. The van der Waals surface area contributed by atoms with E-state index in [1.54, 1.807) is 31.2 Å². The molecule has 3 N–H and O–H groups in total. The lowest BCUT2D eigenvalue weighted by Crippen LogP contribution is -2.60. The fraction of sp³-hybridized carbons (Fsp3) is 0.350. The Morgan fingerprint density at radius 1 is 0.964 bits per heavy atom. The van der Waals surface area contributed by atoms with E-state index >= 15 is 0 Å². The molecule has 1 unspecified atom stereocenters. The fourth-order valence-electron chi connectivity index (χ4n) is 2.24. The van der Waals surface area contributed by atoms with Crippen molar-refractivity contribution >= 4 is 15.9 Å². The standard InChI is InChI=1S/C14H22N2O5S.C6H6/c1-4-14(13(15)17,16-22(3,18)19)10-21-12-8-6-11(7-9-12)20-5-2;1-2-4-6-5-3-1/h6-9,16H,4-5,10H2,1-3H3,(H2,15,17);1-6H. The van der Waals surface area contributed by atoms with Gasteiger partial charge in [-0.2, -0.15) is 4.72 Å². The summed E-state index contributed by atoms with van der Waals surface area (Å²) in [5.74, 6) is 0.393. The molecule has 0 aliphatic heterocycles. The lowest BCUT2D eigenvalue weighted by Gasteiger charge is -2.29. The number of hydrogen-bond donors (Lipinski definition) is 2. The van der Waals surface area contributed by atoms with Crippen molar-refractivity contribution in [2.45, 2.75) is 25.8 Å². The van der Waals surface area contributed by atoms with Crippen LogP contribution >= 0.6 is 0 Å². The summed E-state index contributed by atoms with van der Waals surface area (Å²) < 4.78 is 36.0. The molecule has 0 heterocycles. The van der Waals surface area contributed by atoms with Gasteiger partial charge in [0.25, 0.3) is 0 Å². The Balaban J connectivity index is 0.000000552. The van der Waals surface area contributed by atoms with E-state index in [9.17, 15) is 13.2 Å². The molecule has 0 aliphatic rings. The molecule has 0 saturated carbocycles. The van der Waals surface area contributed by atoms with Gasteiger partial charge in [0.2, 0.25) is 15.9 Å². The lowest BCUT2D eigenvalue weighted by molar-refractivity contribution is -0.125. The predicted molar refractivity (Wildman–Crippen MR) is 110 cm³/mol. The van der Waals surface area contributed by atoms with Crippen molar-refractivity contribution in [3.05, 3.63) is 60.7 Å². The van der Waals surface area contributed by atoms with Gasteiger partial charge in [0.15, 0.2) is 0 Å². The number of carbonyl (C=O) groups excluding carboxylic acids is 1. The molecule has 0 aromatic heterocycles. The van der Waals surface area contributed by atoms with Crippen LogP contribution in [0, 0.1) is 0 Å². The van der Waals surface area contributed by atoms with Gasteiger partial charge in [-0.3, -0.25) is 4.79 Å². The number of primary amides is 1. The van der Waals surface area contributed by atoms with Crippen LogP contribution in [0.2, 0.25) is 0 Å². The Labute approximate surface area is 166 Å². The minimum Gasteiger partial charge on any atom is -0.494 e. The van der Waals surface area contributed by atoms with Gasteiger partial charge >= 0.3 is 0 Å². The Bertz CT molecular complexity index is 784. The first-order valence-corrected chi connectivity index (χ1v) is 10.8. The Morgan fingerprint density at radius 3 is 1.71 bits per heavy atom. The maximum absolute atomic E-state index is 11.7. The summed E-state index contributed by atoms with van der Waals surface area (Å²) in [4.78, 5) is 11.7. The van der Waals surface area contributed by atoms with Crippen LogP contribution in [0.15, 0.2) is 60.7 Å². The molecule has 0 saturated heterocycles. The van der Waals surface area contributed by atoms with Gasteiger partial charge < -0.3 is 15.2 Å². The van der Waals surface area contributed by atoms with Gasteiger partial charge in [0, 0.05) is 0 Å². The molecule has 0 spiro atoms. The van der Waals surface area contributed by atoms with E-state index in [0.717, 1.165) is 6.26 Å². The van der Waals surface area contributed by atoms with E-state index in [4.69, 9.17) is 15.2 Å². The Hall–Kier alpha value is -2.58. The van der Waals surface area contributed by atoms with Crippen molar-refractivity contribution < 1.29 is 22.7 Å². The second-order valence-electron chi connectivity index (χ2n) is 6.02. The van der Waals surface area contributed by atoms with Crippen molar-refractivity contribution in [2.24, 2.45) is 5.73 Å². The van der Waals surface area contributed by atoms with Crippen LogP contribution in [0.5, 0.6) is 11.5 Å². The molecular formula is C20H28N2O5S. The van der Waals surface area contributed by atoms with Gasteiger partial charge in [-0.05, 0) is 37.6 Å². The second-order valence-corrected chi connectivity index (χ2v) is 7.77. The highest BCUT2D eigenvalue weighted by Gasteiger charge is 2.38. The monoisotopic (exact) mass is 408 g/mol. The average Bonchev–Trinajstić information content (AvgIpc) is 2.67. The fourth-order valence-corrected chi connectivity index (χ4v) is 3.26. The number of nitrogens with two attached hydrogens (primary N) is 1. The van der Waals surface area contributed by atoms with E-state index in [0.29, 0.717) is 18.1 Å². The first-order chi connectivity index (χ1) is 13.2. The van der Waals surface area contributed by atoms with Crippen LogP contribution in [-0.2, 0) is 14.8 Å². The predicted octanol–water partition coefficient (Wildman–Crippen LogP) is 2.33. The number of ether oxygens (including phenoxy) is 2. The molecule has 0 fully saturated rings. The van der Waals surface area contributed by atoms with E-state index in [2.05, 4.69) is 4.72 Å². The smallest absolute Gasteiger partial charge is 0.242 e. The summed E-state index contributed by atoms with van der Waals surface area (Å²) in [5, 5.41) is 0. The van der Waals surface area contributed by atoms with Gasteiger partial charge in [-0.1, -0.05) is 43.3 Å². The van der Waals surface area contributed by atoms with Gasteiger partial charge in [0.05, 0.1) is 12.9 Å². The Kier molecular flexibility index (Phi) is 9.47. The number of rotatable bonds is 9. The van der Waals surface area contributed by atoms with E-state index < -0.39 is 21.5 Å². The molecule has 2 aromatic rings. The zero-order valence-electron chi connectivity index (χ0n) is 16.4. The zero-order valence-corrected chi connectivity index (χ0v) is 17.2. The third-order valence-electron chi connectivity index (χ3n) is 3.74. The first kappa shape index (κ1) is 23.5. The summed E-state index contributed by atoms with van der Waals surface area (Å²) in [6.45, 7) is 3.90. The third-order valence-corrected chi connectivity index (χ3v) is 4.50. The van der Waals surface area contributed by atoms with Crippen LogP contribution in [0.25, 0.3) is 0 Å². The van der Waals surface area contributed by atoms with Crippen LogP contribution in [0.4, 0.5) is 0 Å². The summed E-state index contributed by atoms with van der Waals surface area (Å²) in [6.07, 6.45) is 1.14. The van der Waals surface area contributed by atoms with Crippen LogP contribution in [0.3, 0.4) is 0 Å². The number of carbonyl (C=O) groups is 1. The molecule has 2 rings (SSSR count). The number of nitrogens with one attached hydrogen (secondary N) is 1. The van der Waals surface area contributed by atoms with Crippen molar-refractivity contribution in [1.29, 1.82) is 0 Å². The molecule has 0 radical (unpaired) electrons. The van der Waals surface area contributed by atoms with Crippen molar-refractivity contribution in [2.75, 3.05) is 19.5 Å². The minimum atomic E-state index is -3.61. The molecule has 28 heavy (non-hydrogen) atoms. The minimum absolute atomic E-state index is 0.173. The number of benzene rings is 2. The topological polar surface area (TPSA) is 108 Å². The third kappa shape index (κ3) is 8.41.